The van der Waals surface area contributed by atoms with E-state index < -0.39 is 34.9 Å². The number of nitrogens with two attached hydrogens (primary N) is 1. The molecule has 0 radical (unpaired) electrons. The first kappa shape index (κ1) is 18.8. The first-order chi connectivity index (χ1) is 10.3. The largest absolute Gasteiger partial charge is 0.444 e. The summed E-state index contributed by atoms with van der Waals surface area (Å²) in [6.07, 6.45) is -5.54. The maximum absolute atomic E-state index is 12.8. The van der Waals surface area contributed by atoms with Crippen molar-refractivity contribution in [3.05, 3.63) is 35.4 Å². The molecule has 0 spiro atoms. The monoisotopic (exact) mass is 332 g/mol. The van der Waals surface area contributed by atoms with Crippen molar-refractivity contribution in [3.8, 4) is 0 Å². The summed E-state index contributed by atoms with van der Waals surface area (Å²) in [5, 5.41) is 2.24. The number of benzene rings is 1. The number of rotatable bonds is 3. The van der Waals surface area contributed by atoms with Gasteiger partial charge in [-0.1, -0.05) is 12.1 Å². The van der Waals surface area contributed by atoms with Crippen molar-refractivity contribution in [3.63, 3.8) is 0 Å². The lowest BCUT2D eigenvalue weighted by Gasteiger charge is -2.30. The van der Waals surface area contributed by atoms with E-state index >= 15 is 0 Å². The Balaban J connectivity index is 3.20. The van der Waals surface area contributed by atoms with Crippen LogP contribution < -0.4 is 11.1 Å². The fraction of sp³-hybridized carbons (Fsp3) is 0.467. The van der Waals surface area contributed by atoms with Gasteiger partial charge in [-0.2, -0.15) is 13.2 Å². The number of alkyl carbamates (subject to hydrolysis) is 1. The molecule has 2 amide bonds. The van der Waals surface area contributed by atoms with Gasteiger partial charge in [0, 0.05) is 0 Å². The standard InChI is InChI=1S/C15H19F3N2O3/c1-13(2,3)23-12(22)20-14(4,11(19)21)9-6-5-7-10(8-9)15(16,17)18/h5-8H,1-4H3,(H2,19,21)(H,20,22). The average Bonchev–Trinajstić information content (AvgIpc) is 2.35. The second kappa shape index (κ2) is 6.10. The molecule has 0 saturated heterocycles. The van der Waals surface area contributed by atoms with E-state index in [-0.39, 0.29) is 5.56 Å². The van der Waals surface area contributed by atoms with Crippen LogP contribution in [0.1, 0.15) is 38.8 Å². The smallest absolute Gasteiger partial charge is 0.416 e. The molecule has 0 aromatic heterocycles. The zero-order valence-electron chi connectivity index (χ0n) is 13.2. The summed E-state index contributed by atoms with van der Waals surface area (Å²) >= 11 is 0. The minimum Gasteiger partial charge on any atom is -0.444 e. The molecule has 0 aliphatic carbocycles. The summed E-state index contributed by atoms with van der Waals surface area (Å²) in [5.41, 5.74) is 1.56. The van der Waals surface area contributed by atoms with Gasteiger partial charge in [-0.15, -0.1) is 0 Å². The van der Waals surface area contributed by atoms with Crippen LogP contribution in [0.3, 0.4) is 0 Å². The molecule has 128 valence electrons. The molecule has 0 heterocycles. The summed E-state index contributed by atoms with van der Waals surface area (Å²) in [5.74, 6) is -1.01. The Labute approximate surface area is 132 Å². The third-order valence-corrected chi connectivity index (χ3v) is 3.01. The molecule has 0 fully saturated rings. The summed E-state index contributed by atoms with van der Waals surface area (Å²) in [7, 11) is 0. The molecule has 23 heavy (non-hydrogen) atoms. The number of alkyl halides is 3. The lowest BCUT2D eigenvalue weighted by molar-refractivity contribution is -0.137. The number of carbonyl (C=O) groups is 2. The van der Waals surface area contributed by atoms with Gasteiger partial charge in [0.1, 0.15) is 11.1 Å². The molecule has 1 rings (SSSR count). The van der Waals surface area contributed by atoms with Crippen LogP contribution in [-0.2, 0) is 21.2 Å². The van der Waals surface area contributed by atoms with Gasteiger partial charge in [0.25, 0.3) is 0 Å². The molecule has 1 aromatic rings. The topological polar surface area (TPSA) is 81.4 Å². The van der Waals surface area contributed by atoms with Gasteiger partial charge in [0.15, 0.2) is 0 Å². The van der Waals surface area contributed by atoms with Crippen LogP contribution in [0, 0.1) is 0 Å². The predicted molar refractivity (Wildman–Crippen MR) is 77.4 cm³/mol. The molecule has 1 unspecified atom stereocenters. The van der Waals surface area contributed by atoms with Crippen LogP contribution in [0.2, 0.25) is 0 Å². The molecule has 3 N–H and O–H groups in total. The average molecular weight is 332 g/mol. The number of hydrogen-bond acceptors (Lipinski definition) is 3. The van der Waals surface area contributed by atoms with E-state index in [1.165, 1.54) is 13.0 Å². The predicted octanol–water partition coefficient (Wildman–Crippen LogP) is 2.93. The van der Waals surface area contributed by atoms with Crippen LogP contribution in [0.25, 0.3) is 0 Å². The lowest BCUT2D eigenvalue weighted by Crippen LogP contribution is -2.53. The molecule has 1 atom stereocenters. The van der Waals surface area contributed by atoms with Gasteiger partial charge >= 0.3 is 12.3 Å². The zero-order valence-corrected chi connectivity index (χ0v) is 13.2. The van der Waals surface area contributed by atoms with Crippen molar-refractivity contribution in [1.82, 2.24) is 5.32 Å². The summed E-state index contributed by atoms with van der Waals surface area (Å²) in [6.45, 7) is 6.05. The molecule has 5 nitrogen and oxygen atoms in total. The minimum atomic E-state index is -4.58. The van der Waals surface area contributed by atoms with E-state index in [4.69, 9.17) is 10.5 Å². The van der Waals surface area contributed by atoms with Gasteiger partial charge in [-0.25, -0.2) is 4.79 Å². The van der Waals surface area contributed by atoms with Gasteiger partial charge in [-0.05, 0) is 45.4 Å². The quantitative estimate of drug-likeness (QED) is 0.893. The Morgan fingerprint density at radius 3 is 2.04 bits per heavy atom. The first-order valence-corrected chi connectivity index (χ1v) is 6.74. The number of hydrogen-bond donors (Lipinski definition) is 2. The van der Waals surface area contributed by atoms with Gasteiger partial charge in [0.2, 0.25) is 5.91 Å². The van der Waals surface area contributed by atoms with E-state index in [1.807, 2.05) is 0 Å². The van der Waals surface area contributed by atoms with Crippen LogP contribution in [-0.4, -0.2) is 17.6 Å². The Kier molecular flexibility index (Phi) is 4.98. The highest BCUT2D eigenvalue weighted by molar-refractivity contribution is 5.89. The number of halogens is 3. The maximum Gasteiger partial charge on any atom is 0.416 e. The molecular formula is C15H19F3N2O3. The van der Waals surface area contributed by atoms with Crippen molar-refractivity contribution < 1.29 is 27.5 Å². The normalized spacial score (nSPS) is 14.7. The highest BCUT2D eigenvalue weighted by Crippen LogP contribution is 2.32. The highest BCUT2D eigenvalue weighted by Gasteiger charge is 2.39. The molecule has 0 aliphatic rings. The van der Waals surface area contributed by atoms with E-state index in [0.29, 0.717) is 0 Å². The minimum absolute atomic E-state index is 0.0920. The maximum atomic E-state index is 12.8. The Morgan fingerprint density at radius 2 is 1.61 bits per heavy atom. The van der Waals surface area contributed by atoms with E-state index in [1.54, 1.807) is 20.8 Å². The molecule has 0 aliphatic heterocycles. The van der Waals surface area contributed by atoms with Crippen molar-refractivity contribution in [1.29, 1.82) is 0 Å². The third kappa shape index (κ3) is 4.87. The van der Waals surface area contributed by atoms with Crippen LogP contribution in [0.5, 0.6) is 0 Å². The highest BCUT2D eigenvalue weighted by atomic mass is 19.4. The molecule has 0 saturated carbocycles. The molecule has 0 bridgehead atoms. The number of ether oxygens (including phenoxy) is 1. The van der Waals surface area contributed by atoms with Crippen LogP contribution in [0.4, 0.5) is 18.0 Å². The van der Waals surface area contributed by atoms with Crippen molar-refractivity contribution >= 4 is 12.0 Å². The Bertz CT molecular complexity index is 609. The van der Waals surface area contributed by atoms with Gasteiger partial charge in [-0.3, -0.25) is 4.79 Å². The number of amides is 2. The first-order valence-electron chi connectivity index (χ1n) is 6.74. The Hall–Kier alpha value is -2.25. The van der Waals surface area contributed by atoms with Crippen molar-refractivity contribution in [2.24, 2.45) is 5.73 Å². The third-order valence-electron chi connectivity index (χ3n) is 3.01. The second-order valence-electron chi connectivity index (χ2n) is 6.19. The summed E-state index contributed by atoms with van der Waals surface area (Å²) in [4.78, 5) is 23.6. The fourth-order valence-electron chi connectivity index (χ4n) is 1.79. The number of primary amides is 1. The molecule has 1 aromatic carbocycles. The molecule has 8 heteroatoms. The number of nitrogens with one attached hydrogen (secondary N) is 1. The Morgan fingerprint density at radius 1 is 1.09 bits per heavy atom. The summed E-state index contributed by atoms with van der Waals surface area (Å²) < 4.78 is 43.5. The fourth-order valence-corrected chi connectivity index (χ4v) is 1.79. The van der Waals surface area contributed by atoms with Crippen LogP contribution >= 0.6 is 0 Å². The van der Waals surface area contributed by atoms with E-state index in [2.05, 4.69) is 5.32 Å². The molecular weight excluding hydrogens is 313 g/mol. The SMILES string of the molecule is CC(C)(C)OC(=O)NC(C)(C(N)=O)c1cccc(C(F)(F)F)c1. The second-order valence-corrected chi connectivity index (χ2v) is 6.19. The van der Waals surface area contributed by atoms with Gasteiger partial charge < -0.3 is 15.8 Å². The van der Waals surface area contributed by atoms with Gasteiger partial charge in [0.05, 0.1) is 5.56 Å². The van der Waals surface area contributed by atoms with Crippen LogP contribution in [0.15, 0.2) is 24.3 Å². The van der Waals surface area contributed by atoms with Crippen molar-refractivity contribution in [2.45, 2.75) is 45.0 Å². The lowest BCUT2D eigenvalue weighted by atomic mass is 9.90. The number of carbonyl (C=O) groups excluding carboxylic acids is 2. The summed E-state index contributed by atoms with van der Waals surface area (Å²) in [6, 6.07) is 4.04. The zero-order chi connectivity index (χ0) is 18.1. The van der Waals surface area contributed by atoms with Crippen molar-refractivity contribution in [2.75, 3.05) is 0 Å². The van der Waals surface area contributed by atoms with E-state index in [9.17, 15) is 22.8 Å². The van der Waals surface area contributed by atoms with E-state index in [0.717, 1.165) is 18.2 Å².